The van der Waals surface area contributed by atoms with Crippen LogP contribution in [0.15, 0.2) is 60.8 Å². The van der Waals surface area contributed by atoms with Crippen LogP contribution >= 0.6 is 0 Å². The van der Waals surface area contributed by atoms with E-state index in [-0.39, 0.29) is 30.2 Å². The molecule has 0 unspecified atom stereocenters. The first-order valence-electron chi connectivity index (χ1n) is 13.8. The number of nitrogens with zero attached hydrogens (tertiary/aromatic N) is 4. The number of ether oxygens (including phenoxy) is 1. The number of amides is 1. The molecule has 0 spiro atoms. The first kappa shape index (κ1) is 27.1. The van der Waals surface area contributed by atoms with Gasteiger partial charge in [0.05, 0.1) is 29.7 Å². The normalized spacial score (nSPS) is 18.9. The highest BCUT2D eigenvalue weighted by molar-refractivity contribution is 5.95. The van der Waals surface area contributed by atoms with Crippen LogP contribution in [0, 0.1) is 5.82 Å². The molecule has 5 rings (SSSR count). The summed E-state index contributed by atoms with van der Waals surface area (Å²) in [7, 11) is 0. The van der Waals surface area contributed by atoms with E-state index in [2.05, 4.69) is 22.1 Å². The highest BCUT2D eigenvalue weighted by atomic mass is 19.1. The van der Waals surface area contributed by atoms with E-state index >= 15 is 0 Å². The van der Waals surface area contributed by atoms with Crippen molar-refractivity contribution in [3.05, 3.63) is 83.4 Å². The lowest BCUT2D eigenvalue weighted by Crippen LogP contribution is -2.40. The van der Waals surface area contributed by atoms with Crippen LogP contribution in [0.1, 0.15) is 73.5 Å². The average molecular weight is 533 g/mol. The number of halogens is 1. The summed E-state index contributed by atoms with van der Waals surface area (Å²) in [4.78, 5) is 30.3. The molecule has 1 amide bonds. The zero-order chi connectivity index (χ0) is 27.6. The van der Waals surface area contributed by atoms with Crippen molar-refractivity contribution in [1.29, 1.82) is 0 Å². The summed E-state index contributed by atoms with van der Waals surface area (Å²) in [5, 5.41) is 4.63. The number of benzene rings is 2. The van der Waals surface area contributed by atoms with Crippen molar-refractivity contribution in [1.82, 2.24) is 19.6 Å². The van der Waals surface area contributed by atoms with Gasteiger partial charge in [-0.2, -0.15) is 5.10 Å². The van der Waals surface area contributed by atoms with Gasteiger partial charge in [0.15, 0.2) is 0 Å². The van der Waals surface area contributed by atoms with Gasteiger partial charge in [0.1, 0.15) is 11.4 Å². The van der Waals surface area contributed by atoms with E-state index in [0.29, 0.717) is 37.7 Å². The van der Waals surface area contributed by atoms with Crippen molar-refractivity contribution in [3.8, 4) is 5.69 Å². The first-order chi connectivity index (χ1) is 18.7. The summed E-state index contributed by atoms with van der Waals surface area (Å²) in [5.41, 5.74) is 2.95. The Morgan fingerprint density at radius 1 is 0.949 bits per heavy atom. The molecule has 2 aliphatic rings. The third-order valence-electron chi connectivity index (χ3n) is 7.60. The van der Waals surface area contributed by atoms with Crippen molar-refractivity contribution >= 4 is 11.9 Å². The van der Waals surface area contributed by atoms with E-state index in [4.69, 9.17) is 4.74 Å². The number of hydrogen-bond acceptors (Lipinski definition) is 5. The van der Waals surface area contributed by atoms with Crippen molar-refractivity contribution < 1.29 is 18.7 Å². The third-order valence-corrected chi connectivity index (χ3v) is 7.60. The number of esters is 1. The maximum atomic E-state index is 13.9. The van der Waals surface area contributed by atoms with E-state index in [0.717, 1.165) is 30.6 Å². The molecular formula is C31H37FN4O3. The Morgan fingerprint density at radius 3 is 2.28 bits per heavy atom. The molecule has 1 aromatic heterocycles. The third kappa shape index (κ3) is 6.38. The van der Waals surface area contributed by atoms with E-state index in [9.17, 15) is 14.0 Å². The highest BCUT2D eigenvalue weighted by Gasteiger charge is 2.34. The van der Waals surface area contributed by atoms with Crippen molar-refractivity contribution in [2.75, 3.05) is 32.7 Å². The first-order valence-corrected chi connectivity index (χ1v) is 13.8. The number of carbonyl (C=O) groups excluding carboxylic acids is 2. The monoisotopic (exact) mass is 532 g/mol. The highest BCUT2D eigenvalue weighted by Crippen LogP contribution is 2.34. The van der Waals surface area contributed by atoms with Crippen molar-refractivity contribution in [2.24, 2.45) is 0 Å². The predicted molar refractivity (Wildman–Crippen MR) is 147 cm³/mol. The van der Waals surface area contributed by atoms with Gasteiger partial charge in [-0.1, -0.05) is 30.3 Å². The molecule has 1 atom stereocenters. The van der Waals surface area contributed by atoms with Gasteiger partial charge in [-0.15, -0.1) is 0 Å². The van der Waals surface area contributed by atoms with Crippen molar-refractivity contribution in [3.63, 3.8) is 0 Å². The van der Waals surface area contributed by atoms with Crippen molar-refractivity contribution in [2.45, 2.75) is 57.5 Å². The van der Waals surface area contributed by atoms with Gasteiger partial charge in [0.25, 0.3) is 5.91 Å². The number of aromatic nitrogens is 2. The summed E-state index contributed by atoms with van der Waals surface area (Å²) in [6, 6.07) is 16.6. The second kappa shape index (κ2) is 11.3. The zero-order valence-electron chi connectivity index (χ0n) is 23.0. The lowest BCUT2D eigenvalue weighted by molar-refractivity contribution is -0.156. The standard InChI is InChI=1S/C31H37FN4O3/c1-31(2,3)39-28(37)21-34-16-13-23(14-17-34)29-27(19-33-36(29)26-11-9-25(32)10-12-26)30(38)35-18-15-24(20-35)22-7-5-4-6-8-22/h4-12,19,23-24H,13-18,20-21H2,1-3H3/t24-/m0/s1. The number of rotatable bonds is 6. The summed E-state index contributed by atoms with van der Waals surface area (Å²) < 4.78 is 21.0. The Hall–Kier alpha value is -3.52. The Labute approximate surface area is 229 Å². The molecular weight excluding hydrogens is 495 g/mol. The van der Waals surface area contributed by atoms with E-state index < -0.39 is 5.60 Å². The second-order valence-electron chi connectivity index (χ2n) is 11.6. The summed E-state index contributed by atoms with van der Waals surface area (Å²) in [5.74, 6) is -0.146. The van der Waals surface area contributed by atoms with Gasteiger partial charge < -0.3 is 9.64 Å². The molecule has 8 heteroatoms. The van der Waals surface area contributed by atoms with Crippen LogP contribution in [0.4, 0.5) is 4.39 Å². The van der Waals surface area contributed by atoms with Gasteiger partial charge in [-0.3, -0.25) is 14.5 Å². The van der Waals surface area contributed by atoms with Crippen LogP contribution in [0.2, 0.25) is 0 Å². The Balaban J connectivity index is 1.35. The fraction of sp³-hybridized carbons (Fsp3) is 0.452. The van der Waals surface area contributed by atoms with Gasteiger partial charge in [-0.25, -0.2) is 9.07 Å². The largest absolute Gasteiger partial charge is 0.459 e. The summed E-state index contributed by atoms with van der Waals surface area (Å²) in [6.45, 7) is 8.67. The molecule has 0 radical (unpaired) electrons. The quantitative estimate of drug-likeness (QED) is 0.410. The predicted octanol–water partition coefficient (Wildman–Crippen LogP) is 5.16. The van der Waals surface area contributed by atoms with Gasteiger partial charge in [-0.05, 0) is 83.0 Å². The lowest BCUT2D eigenvalue weighted by Gasteiger charge is -2.33. The Bertz CT molecular complexity index is 1290. The summed E-state index contributed by atoms with van der Waals surface area (Å²) >= 11 is 0. The molecule has 206 valence electrons. The fourth-order valence-corrected chi connectivity index (χ4v) is 5.74. The van der Waals surface area contributed by atoms with Gasteiger partial charge >= 0.3 is 5.97 Å². The maximum absolute atomic E-state index is 13.9. The van der Waals surface area contributed by atoms with Crippen LogP contribution in [0.3, 0.4) is 0 Å². The smallest absolute Gasteiger partial charge is 0.320 e. The van der Waals surface area contributed by atoms with E-state index in [1.807, 2.05) is 43.9 Å². The SMILES string of the molecule is CC(C)(C)OC(=O)CN1CCC(c2c(C(=O)N3CC[C@H](c4ccccc4)C3)cnn2-c2ccc(F)cc2)CC1. The molecule has 3 heterocycles. The molecule has 7 nitrogen and oxygen atoms in total. The van der Waals surface area contributed by atoms with Crippen LogP contribution < -0.4 is 0 Å². The minimum absolute atomic E-state index is 0.00650. The lowest BCUT2D eigenvalue weighted by atomic mass is 9.90. The van der Waals surface area contributed by atoms with Crippen LogP contribution in [0.25, 0.3) is 5.69 Å². The van der Waals surface area contributed by atoms with E-state index in [1.165, 1.54) is 17.7 Å². The van der Waals surface area contributed by atoms with Crippen LogP contribution in [-0.2, 0) is 9.53 Å². The molecule has 2 aliphatic heterocycles. The minimum atomic E-state index is -0.512. The number of carbonyl (C=O) groups is 2. The topological polar surface area (TPSA) is 67.7 Å². The fourth-order valence-electron chi connectivity index (χ4n) is 5.74. The Kier molecular flexibility index (Phi) is 7.84. The average Bonchev–Trinajstić information content (AvgIpc) is 3.57. The van der Waals surface area contributed by atoms with Crippen LogP contribution in [0.5, 0.6) is 0 Å². The van der Waals surface area contributed by atoms with Crippen LogP contribution in [-0.4, -0.2) is 69.8 Å². The molecule has 39 heavy (non-hydrogen) atoms. The number of hydrogen-bond donors (Lipinski definition) is 0. The maximum Gasteiger partial charge on any atom is 0.320 e. The molecule has 2 saturated heterocycles. The minimum Gasteiger partial charge on any atom is -0.459 e. The zero-order valence-corrected chi connectivity index (χ0v) is 23.0. The summed E-state index contributed by atoms with van der Waals surface area (Å²) in [6.07, 6.45) is 4.16. The Morgan fingerprint density at radius 2 is 1.62 bits per heavy atom. The molecule has 3 aromatic rings. The molecule has 0 N–H and O–H groups in total. The second-order valence-corrected chi connectivity index (χ2v) is 11.6. The number of piperidine rings is 1. The molecule has 0 bridgehead atoms. The van der Waals surface area contributed by atoms with E-state index in [1.54, 1.807) is 23.0 Å². The molecule has 2 fully saturated rings. The molecule has 0 aliphatic carbocycles. The van der Waals surface area contributed by atoms with Gasteiger partial charge in [0.2, 0.25) is 0 Å². The number of likely N-dealkylation sites (tertiary alicyclic amines) is 2. The molecule has 2 aromatic carbocycles. The van der Waals surface area contributed by atoms with Gasteiger partial charge in [0, 0.05) is 24.9 Å². The molecule has 0 saturated carbocycles.